The molecule has 0 aliphatic carbocycles. The smallest absolute Gasteiger partial charge is 0.318 e. The van der Waals surface area contributed by atoms with Gasteiger partial charge in [-0.15, -0.1) is 0 Å². The first-order chi connectivity index (χ1) is 10.3. The minimum absolute atomic E-state index is 0.109. The van der Waals surface area contributed by atoms with E-state index in [-0.39, 0.29) is 16.6 Å². The number of sulfonamides is 1. The molecule has 9 heteroatoms. The first-order valence-corrected chi connectivity index (χ1v) is 7.68. The Hall–Kier alpha value is -2.42. The third-order valence-corrected chi connectivity index (χ3v) is 4.07. The number of rotatable bonds is 5. The van der Waals surface area contributed by atoms with Gasteiger partial charge in [-0.2, -0.15) is 4.98 Å². The summed E-state index contributed by atoms with van der Waals surface area (Å²) in [6.45, 7) is 0. The van der Waals surface area contributed by atoms with Crippen LogP contribution in [-0.4, -0.2) is 39.6 Å². The van der Waals surface area contributed by atoms with Crippen molar-refractivity contribution in [1.29, 1.82) is 0 Å². The van der Waals surface area contributed by atoms with Gasteiger partial charge < -0.3 is 9.64 Å². The van der Waals surface area contributed by atoms with Gasteiger partial charge in [0.2, 0.25) is 0 Å². The average Bonchev–Trinajstić information content (AvgIpc) is 2.47. The second-order valence-corrected chi connectivity index (χ2v) is 6.23. The number of methoxy groups -OCH3 is 1. The number of hydrogen-bond donors (Lipinski definition) is 1. The van der Waals surface area contributed by atoms with Crippen molar-refractivity contribution in [2.45, 2.75) is 4.90 Å². The zero-order chi connectivity index (χ0) is 16.3. The second kappa shape index (κ2) is 6.14. The molecule has 0 spiro atoms. The Labute approximate surface area is 127 Å². The van der Waals surface area contributed by atoms with Gasteiger partial charge in [0.25, 0.3) is 10.0 Å². The molecule has 0 amide bonds. The first-order valence-electron chi connectivity index (χ1n) is 6.20. The van der Waals surface area contributed by atoms with Crippen molar-refractivity contribution >= 4 is 21.5 Å². The number of hydrogen-bond acceptors (Lipinski definition) is 6. The SMILES string of the molecule is COc1ncc(NS(=O)(=O)c2cccc(F)c2)c(N(C)C)n1. The van der Waals surface area contributed by atoms with Crippen molar-refractivity contribution in [3.63, 3.8) is 0 Å². The van der Waals surface area contributed by atoms with Gasteiger partial charge in [-0.3, -0.25) is 4.72 Å². The molecule has 118 valence electrons. The number of ether oxygens (including phenoxy) is 1. The Morgan fingerprint density at radius 3 is 2.64 bits per heavy atom. The molecule has 0 unspecified atom stereocenters. The van der Waals surface area contributed by atoms with Crippen LogP contribution >= 0.6 is 0 Å². The van der Waals surface area contributed by atoms with Gasteiger partial charge >= 0.3 is 6.01 Å². The lowest BCUT2D eigenvalue weighted by atomic mass is 10.4. The van der Waals surface area contributed by atoms with Gasteiger partial charge in [-0.05, 0) is 18.2 Å². The molecular weight excluding hydrogens is 311 g/mol. The van der Waals surface area contributed by atoms with E-state index in [0.29, 0.717) is 5.82 Å². The number of nitrogens with one attached hydrogen (secondary N) is 1. The Morgan fingerprint density at radius 2 is 2.05 bits per heavy atom. The molecule has 0 saturated carbocycles. The van der Waals surface area contributed by atoms with Crippen LogP contribution < -0.4 is 14.4 Å². The highest BCUT2D eigenvalue weighted by Crippen LogP contribution is 2.25. The zero-order valence-electron chi connectivity index (χ0n) is 12.2. The summed E-state index contributed by atoms with van der Waals surface area (Å²) in [6, 6.07) is 4.83. The summed E-state index contributed by atoms with van der Waals surface area (Å²) < 4.78 is 45.1. The quantitative estimate of drug-likeness (QED) is 0.896. The lowest BCUT2D eigenvalue weighted by molar-refractivity contribution is 0.380. The van der Waals surface area contributed by atoms with E-state index < -0.39 is 15.8 Å². The Kier molecular flexibility index (Phi) is 4.45. The summed E-state index contributed by atoms with van der Waals surface area (Å²) in [7, 11) is 0.852. The minimum Gasteiger partial charge on any atom is -0.467 e. The number of aromatic nitrogens is 2. The summed E-state index contributed by atoms with van der Waals surface area (Å²) in [6.07, 6.45) is 1.29. The number of benzene rings is 1. The van der Waals surface area contributed by atoms with E-state index in [1.54, 1.807) is 19.0 Å². The largest absolute Gasteiger partial charge is 0.467 e. The van der Waals surface area contributed by atoms with E-state index in [1.807, 2.05) is 0 Å². The summed E-state index contributed by atoms with van der Waals surface area (Å²) >= 11 is 0. The van der Waals surface area contributed by atoms with E-state index in [0.717, 1.165) is 6.07 Å². The maximum Gasteiger partial charge on any atom is 0.318 e. The molecule has 1 aromatic heterocycles. The average molecular weight is 326 g/mol. The fourth-order valence-electron chi connectivity index (χ4n) is 1.71. The predicted octanol–water partition coefficient (Wildman–Crippen LogP) is 1.49. The molecule has 0 aliphatic heterocycles. The van der Waals surface area contributed by atoms with E-state index in [1.165, 1.54) is 31.5 Å². The van der Waals surface area contributed by atoms with Crippen molar-refractivity contribution in [2.75, 3.05) is 30.8 Å². The second-order valence-electron chi connectivity index (χ2n) is 4.55. The molecule has 0 fully saturated rings. The van der Waals surface area contributed by atoms with Gasteiger partial charge in [-0.1, -0.05) is 6.07 Å². The van der Waals surface area contributed by atoms with Crippen LogP contribution in [-0.2, 0) is 10.0 Å². The molecular formula is C13H15FN4O3S. The normalized spacial score (nSPS) is 11.1. The zero-order valence-corrected chi connectivity index (χ0v) is 13.1. The van der Waals surface area contributed by atoms with Crippen molar-refractivity contribution < 1.29 is 17.5 Å². The lowest BCUT2D eigenvalue weighted by Gasteiger charge is -2.17. The number of halogens is 1. The summed E-state index contributed by atoms with van der Waals surface area (Å²) in [5, 5.41) is 0. The van der Waals surface area contributed by atoms with Crippen molar-refractivity contribution in [3.05, 3.63) is 36.3 Å². The van der Waals surface area contributed by atoms with Crippen molar-refractivity contribution in [3.8, 4) is 6.01 Å². The molecule has 1 aromatic carbocycles. The maximum absolute atomic E-state index is 13.2. The topological polar surface area (TPSA) is 84.4 Å². The fraction of sp³-hybridized carbons (Fsp3) is 0.231. The van der Waals surface area contributed by atoms with Crippen molar-refractivity contribution in [1.82, 2.24) is 9.97 Å². The third-order valence-electron chi connectivity index (χ3n) is 2.70. The van der Waals surface area contributed by atoms with Crippen LogP contribution in [0.5, 0.6) is 6.01 Å². The van der Waals surface area contributed by atoms with Crippen LogP contribution in [0.15, 0.2) is 35.4 Å². The molecule has 1 heterocycles. The standard InChI is InChI=1S/C13H15FN4O3S/c1-18(2)12-11(8-15-13(16-12)21-3)17-22(19,20)10-6-4-5-9(14)7-10/h4-8,17H,1-3H3. The summed E-state index contributed by atoms with van der Waals surface area (Å²) in [5.41, 5.74) is 0.162. The monoisotopic (exact) mass is 326 g/mol. The van der Waals surface area contributed by atoms with Gasteiger partial charge in [0, 0.05) is 14.1 Å². The molecule has 0 bridgehead atoms. The molecule has 0 radical (unpaired) electrons. The highest BCUT2D eigenvalue weighted by Gasteiger charge is 2.19. The number of anilines is 2. The molecule has 0 saturated heterocycles. The Morgan fingerprint density at radius 1 is 1.32 bits per heavy atom. The van der Waals surface area contributed by atoms with Crippen LogP contribution in [0.1, 0.15) is 0 Å². The summed E-state index contributed by atoms with van der Waals surface area (Å²) in [4.78, 5) is 9.37. The minimum atomic E-state index is -3.95. The first kappa shape index (κ1) is 16.0. The van der Waals surface area contributed by atoms with Crippen LogP contribution in [0.4, 0.5) is 15.9 Å². The van der Waals surface area contributed by atoms with Crippen LogP contribution in [0.3, 0.4) is 0 Å². The lowest BCUT2D eigenvalue weighted by Crippen LogP contribution is -2.19. The van der Waals surface area contributed by atoms with Crippen LogP contribution in [0, 0.1) is 5.82 Å². The fourth-order valence-corrected chi connectivity index (χ4v) is 2.78. The molecule has 0 aliphatic rings. The van der Waals surface area contributed by atoms with Gasteiger partial charge in [0.15, 0.2) is 5.82 Å². The molecule has 1 N–H and O–H groups in total. The van der Waals surface area contributed by atoms with E-state index in [9.17, 15) is 12.8 Å². The van der Waals surface area contributed by atoms with E-state index >= 15 is 0 Å². The Balaban J connectivity index is 2.41. The van der Waals surface area contributed by atoms with Gasteiger partial charge in [0.1, 0.15) is 11.5 Å². The van der Waals surface area contributed by atoms with Gasteiger partial charge in [0.05, 0.1) is 18.2 Å². The predicted molar refractivity (Wildman–Crippen MR) is 80.1 cm³/mol. The van der Waals surface area contributed by atoms with Crippen molar-refractivity contribution in [2.24, 2.45) is 0 Å². The highest BCUT2D eigenvalue weighted by molar-refractivity contribution is 7.92. The molecule has 7 nitrogen and oxygen atoms in total. The van der Waals surface area contributed by atoms with Crippen LogP contribution in [0.2, 0.25) is 0 Å². The van der Waals surface area contributed by atoms with E-state index in [4.69, 9.17) is 4.74 Å². The number of nitrogens with zero attached hydrogens (tertiary/aromatic N) is 3. The highest BCUT2D eigenvalue weighted by atomic mass is 32.2. The maximum atomic E-state index is 13.2. The molecule has 2 rings (SSSR count). The molecule has 2 aromatic rings. The Bertz CT molecular complexity index is 781. The van der Waals surface area contributed by atoms with Crippen LogP contribution in [0.25, 0.3) is 0 Å². The molecule has 0 atom stereocenters. The van der Waals surface area contributed by atoms with E-state index in [2.05, 4.69) is 14.7 Å². The van der Waals surface area contributed by atoms with Gasteiger partial charge in [-0.25, -0.2) is 17.8 Å². The third kappa shape index (κ3) is 3.42. The summed E-state index contributed by atoms with van der Waals surface area (Å²) in [5.74, 6) is -0.312. The molecule has 22 heavy (non-hydrogen) atoms.